The van der Waals surface area contributed by atoms with Crippen molar-refractivity contribution in [2.24, 2.45) is 0 Å². The number of aryl methyl sites for hydroxylation is 1. The van der Waals surface area contributed by atoms with Crippen molar-refractivity contribution in [3.05, 3.63) is 78.1 Å². The van der Waals surface area contributed by atoms with E-state index in [1.807, 2.05) is 24.4 Å². The maximum Gasteiger partial charge on any atom is 0.227 e. The number of hydrogen-bond acceptors (Lipinski definition) is 6. The van der Waals surface area contributed by atoms with Crippen LogP contribution in [0.4, 0.5) is 11.6 Å². The summed E-state index contributed by atoms with van der Waals surface area (Å²) >= 11 is 0. The number of piperidine rings is 1. The molecule has 4 aromatic rings. The summed E-state index contributed by atoms with van der Waals surface area (Å²) in [6.45, 7) is 4.89. The summed E-state index contributed by atoms with van der Waals surface area (Å²) in [6, 6.07) is 18.5. The predicted molar refractivity (Wildman–Crippen MR) is 135 cm³/mol. The molecule has 1 aliphatic rings. The normalized spacial score (nSPS) is 14.9. The first-order valence-corrected chi connectivity index (χ1v) is 11.7. The molecule has 7 nitrogen and oxygen atoms in total. The number of anilines is 2. The van der Waals surface area contributed by atoms with E-state index in [1.165, 1.54) is 5.56 Å². The second-order valence-corrected chi connectivity index (χ2v) is 8.92. The van der Waals surface area contributed by atoms with Gasteiger partial charge in [-0.2, -0.15) is 5.10 Å². The molecule has 0 spiro atoms. The number of H-pyrrole nitrogens is 1. The summed E-state index contributed by atoms with van der Waals surface area (Å²) < 4.78 is 6.16. The number of nitrogens with one attached hydrogen (secondary N) is 2. The Balaban J connectivity index is 1.28. The molecule has 0 saturated carbocycles. The van der Waals surface area contributed by atoms with Gasteiger partial charge in [-0.15, -0.1) is 0 Å². The molecule has 0 bridgehead atoms. The van der Waals surface area contributed by atoms with E-state index in [4.69, 9.17) is 9.72 Å². The molecule has 0 unspecified atom stereocenters. The lowest BCUT2D eigenvalue weighted by molar-refractivity contribution is 0.00215. The van der Waals surface area contributed by atoms with Crippen molar-refractivity contribution < 1.29 is 4.74 Å². The molecule has 2 N–H and O–H groups in total. The van der Waals surface area contributed by atoms with Crippen LogP contribution in [0.1, 0.15) is 24.0 Å². The summed E-state index contributed by atoms with van der Waals surface area (Å²) in [5.74, 6) is 0.543. The summed E-state index contributed by atoms with van der Waals surface area (Å²) in [5.41, 5.74) is 6.96. The van der Waals surface area contributed by atoms with Crippen molar-refractivity contribution in [1.82, 2.24) is 25.1 Å². The van der Waals surface area contributed by atoms with Gasteiger partial charge < -0.3 is 15.0 Å². The van der Waals surface area contributed by atoms with Crippen LogP contribution in [-0.2, 0) is 11.3 Å². The lowest BCUT2D eigenvalue weighted by atomic mass is 10.0. The van der Waals surface area contributed by atoms with E-state index in [-0.39, 0.29) is 0 Å². The SMILES string of the molecule is Cc1ccc(-c2n[nH]cc2-c2ccnc(Nc3cccc(COC4CCN(C)CC4)c3)n2)cc1. The molecule has 0 atom stereocenters. The van der Waals surface area contributed by atoms with E-state index in [9.17, 15) is 0 Å². The third kappa shape index (κ3) is 5.32. The Kier molecular flexibility index (Phi) is 6.65. The summed E-state index contributed by atoms with van der Waals surface area (Å²) in [6.07, 6.45) is 6.17. The van der Waals surface area contributed by atoms with E-state index < -0.39 is 0 Å². The Morgan fingerprint density at radius 3 is 2.74 bits per heavy atom. The summed E-state index contributed by atoms with van der Waals surface area (Å²) in [5, 5.41) is 10.8. The Bertz CT molecular complexity index is 1230. The lowest BCUT2D eigenvalue weighted by Crippen LogP contribution is -2.34. The van der Waals surface area contributed by atoms with Crippen LogP contribution in [-0.4, -0.2) is 51.3 Å². The van der Waals surface area contributed by atoms with Gasteiger partial charge in [0.15, 0.2) is 0 Å². The zero-order valence-electron chi connectivity index (χ0n) is 19.7. The van der Waals surface area contributed by atoms with Gasteiger partial charge in [0.2, 0.25) is 5.95 Å². The Labute approximate surface area is 200 Å². The lowest BCUT2D eigenvalue weighted by Gasteiger charge is -2.28. The van der Waals surface area contributed by atoms with Crippen LogP contribution in [0.2, 0.25) is 0 Å². The maximum atomic E-state index is 6.16. The average Bonchev–Trinajstić information content (AvgIpc) is 3.35. The third-order valence-corrected chi connectivity index (χ3v) is 6.23. The number of benzene rings is 2. The van der Waals surface area contributed by atoms with Gasteiger partial charge in [-0.05, 0) is 50.6 Å². The summed E-state index contributed by atoms with van der Waals surface area (Å²) in [4.78, 5) is 11.5. The molecule has 2 aromatic heterocycles. The van der Waals surface area contributed by atoms with Crippen molar-refractivity contribution >= 4 is 11.6 Å². The maximum absolute atomic E-state index is 6.16. The number of ether oxygens (including phenoxy) is 1. The molecule has 2 aromatic carbocycles. The molecule has 0 radical (unpaired) electrons. The molecule has 1 saturated heterocycles. The fourth-order valence-electron chi connectivity index (χ4n) is 4.22. The van der Waals surface area contributed by atoms with Crippen molar-refractivity contribution in [2.45, 2.75) is 32.5 Å². The van der Waals surface area contributed by atoms with Crippen molar-refractivity contribution in [1.29, 1.82) is 0 Å². The Morgan fingerprint density at radius 1 is 1.09 bits per heavy atom. The van der Waals surface area contributed by atoms with Gasteiger partial charge >= 0.3 is 0 Å². The molecule has 3 heterocycles. The number of rotatable bonds is 7. The van der Waals surface area contributed by atoms with Gasteiger partial charge in [-0.3, -0.25) is 5.10 Å². The minimum atomic E-state index is 0.338. The highest BCUT2D eigenvalue weighted by Gasteiger charge is 2.17. The van der Waals surface area contributed by atoms with Gasteiger partial charge in [0.05, 0.1) is 18.4 Å². The molecular formula is C27H30N6O. The van der Waals surface area contributed by atoms with Crippen LogP contribution in [0.15, 0.2) is 67.0 Å². The average molecular weight is 455 g/mol. The number of hydrogen-bond donors (Lipinski definition) is 2. The number of likely N-dealkylation sites (tertiary alicyclic amines) is 1. The fourth-order valence-corrected chi connectivity index (χ4v) is 4.22. The van der Waals surface area contributed by atoms with Gasteiger partial charge in [0.25, 0.3) is 0 Å². The standard InChI is InChI=1S/C27H30N6O/c1-19-6-8-21(9-7-19)26-24(17-29-32-26)25-10-13-28-27(31-25)30-22-5-3-4-20(16-22)18-34-23-11-14-33(2)15-12-23/h3-10,13,16-17,23H,11-12,14-15,18H2,1-2H3,(H,29,32)(H,28,30,31). The zero-order valence-corrected chi connectivity index (χ0v) is 19.7. The number of aromatic amines is 1. The van der Waals surface area contributed by atoms with Crippen molar-refractivity contribution in [3.8, 4) is 22.5 Å². The van der Waals surface area contributed by atoms with Gasteiger partial charge in [0, 0.05) is 42.3 Å². The topological polar surface area (TPSA) is 79.0 Å². The fraction of sp³-hybridized carbons (Fsp3) is 0.296. The quantitative estimate of drug-likeness (QED) is 0.400. The van der Waals surface area contributed by atoms with Crippen LogP contribution in [0.5, 0.6) is 0 Å². The highest BCUT2D eigenvalue weighted by atomic mass is 16.5. The predicted octanol–water partition coefficient (Wildman–Crippen LogP) is 5.20. The van der Waals surface area contributed by atoms with Crippen LogP contribution < -0.4 is 5.32 Å². The molecule has 0 aliphatic carbocycles. The van der Waals surface area contributed by atoms with Crippen LogP contribution in [0, 0.1) is 6.92 Å². The highest BCUT2D eigenvalue weighted by molar-refractivity contribution is 5.78. The van der Waals surface area contributed by atoms with Crippen LogP contribution in [0.3, 0.4) is 0 Å². The molecule has 7 heteroatoms. The van der Waals surface area contributed by atoms with Gasteiger partial charge in [-0.25, -0.2) is 9.97 Å². The first-order valence-electron chi connectivity index (χ1n) is 11.7. The van der Waals surface area contributed by atoms with Gasteiger partial charge in [-0.1, -0.05) is 42.0 Å². The molecule has 5 rings (SSSR count). The molecule has 0 amide bonds. The number of nitrogens with zero attached hydrogens (tertiary/aromatic N) is 4. The van der Waals surface area contributed by atoms with E-state index in [0.29, 0.717) is 18.7 Å². The summed E-state index contributed by atoms with van der Waals surface area (Å²) in [7, 11) is 2.16. The molecule has 1 aliphatic heterocycles. The first kappa shape index (κ1) is 22.3. The Hall–Kier alpha value is -3.55. The molecule has 174 valence electrons. The van der Waals surface area contributed by atoms with Gasteiger partial charge in [0.1, 0.15) is 5.69 Å². The smallest absolute Gasteiger partial charge is 0.227 e. The zero-order chi connectivity index (χ0) is 23.3. The second-order valence-electron chi connectivity index (χ2n) is 8.92. The van der Waals surface area contributed by atoms with E-state index in [1.54, 1.807) is 6.20 Å². The van der Waals surface area contributed by atoms with Crippen molar-refractivity contribution in [2.75, 3.05) is 25.5 Å². The minimum absolute atomic E-state index is 0.338. The van der Waals surface area contributed by atoms with Crippen LogP contribution >= 0.6 is 0 Å². The third-order valence-electron chi connectivity index (χ3n) is 6.23. The molecule has 34 heavy (non-hydrogen) atoms. The second kappa shape index (κ2) is 10.2. The Morgan fingerprint density at radius 2 is 1.91 bits per heavy atom. The van der Waals surface area contributed by atoms with E-state index in [2.05, 4.69) is 75.8 Å². The molecular weight excluding hydrogens is 424 g/mol. The van der Waals surface area contributed by atoms with E-state index in [0.717, 1.165) is 59.7 Å². The highest BCUT2D eigenvalue weighted by Crippen LogP contribution is 2.29. The largest absolute Gasteiger partial charge is 0.373 e. The number of aromatic nitrogens is 4. The first-order chi connectivity index (χ1) is 16.6. The van der Waals surface area contributed by atoms with E-state index >= 15 is 0 Å². The van der Waals surface area contributed by atoms with Crippen LogP contribution in [0.25, 0.3) is 22.5 Å². The molecule has 1 fully saturated rings. The minimum Gasteiger partial charge on any atom is -0.373 e. The monoisotopic (exact) mass is 454 g/mol. The van der Waals surface area contributed by atoms with Crippen molar-refractivity contribution in [3.63, 3.8) is 0 Å².